The number of fused-ring (bicyclic) bond motifs is 1. The van der Waals surface area contributed by atoms with Crippen molar-refractivity contribution in [3.8, 4) is 0 Å². The molecule has 4 heteroatoms. The molecular weight excluding hydrogens is 230 g/mol. The predicted octanol–water partition coefficient (Wildman–Crippen LogP) is 1.18. The van der Waals surface area contributed by atoms with Crippen molar-refractivity contribution < 1.29 is 14.3 Å². The fourth-order valence-electron chi connectivity index (χ4n) is 2.17. The molecule has 0 fully saturated rings. The summed E-state index contributed by atoms with van der Waals surface area (Å²) in [6, 6.07) is 8.20. The molecule has 96 valence electrons. The third-order valence-corrected chi connectivity index (χ3v) is 3.08. The molecule has 1 aliphatic heterocycles. The largest absolute Gasteiger partial charge is 0.460 e. The van der Waals surface area contributed by atoms with Gasteiger partial charge in [-0.3, -0.25) is 9.69 Å². The van der Waals surface area contributed by atoms with Crippen LogP contribution in [0, 0.1) is 0 Å². The van der Waals surface area contributed by atoms with E-state index in [0.29, 0.717) is 0 Å². The Hall–Kier alpha value is -1.68. The van der Waals surface area contributed by atoms with Crippen LogP contribution in [0.5, 0.6) is 0 Å². The van der Waals surface area contributed by atoms with Gasteiger partial charge in [0.05, 0.1) is 13.2 Å². The van der Waals surface area contributed by atoms with Crippen LogP contribution in [0.3, 0.4) is 0 Å². The van der Waals surface area contributed by atoms with Gasteiger partial charge in [-0.1, -0.05) is 24.3 Å². The second-order valence-electron chi connectivity index (χ2n) is 4.37. The Kier molecular flexibility index (Phi) is 4.10. The van der Waals surface area contributed by atoms with Crippen molar-refractivity contribution in [1.29, 1.82) is 0 Å². The SMILES string of the molecule is CCOC(=O)C(=O)CN1CCc2ccccc2C1. The minimum atomic E-state index is -0.726. The number of carbonyl (C=O) groups is 2. The van der Waals surface area contributed by atoms with Crippen LogP contribution in [0.1, 0.15) is 18.1 Å². The lowest BCUT2D eigenvalue weighted by atomic mass is 10.00. The quantitative estimate of drug-likeness (QED) is 0.592. The van der Waals surface area contributed by atoms with E-state index in [9.17, 15) is 9.59 Å². The second kappa shape index (κ2) is 5.78. The van der Waals surface area contributed by atoms with E-state index >= 15 is 0 Å². The number of Topliss-reactive ketones (excluding diaryl/α,β-unsaturated/α-hetero) is 1. The Morgan fingerprint density at radius 1 is 1.28 bits per heavy atom. The van der Waals surface area contributed by atoms with E-state index in [0.717, 1.165) is 19.5 Å². The maximum Gasteiger partial charge on any atom is 0.375 e. The minimum Gasteiger partial charge on any atom is -0.460 e. The molecule has 0 spiro atoms. The van der Waals surface area contributed by atoms with Crippen LogP contribution in [0.15, 0.2) is 24.3 Å². The first kappa shape index (κ1) is 12.8. The number of nitrogens with zero attached hydrogens (tertiary/aromatic N) is 1. The third kappa shape index (κ3) is 2.96. The van der Waals surface area contributed by atoms with Crippen LogP contribution in [-0.4, -0.2) is 36.3 Å². The highest BCUT2D eigenvalue weighted by Crippen LogP contribution is 2.17. The average Bonchev–Trinajstić information content (AvgIpc) is 2.39. The lowest BCUT2D eigenvalue weighted by Crippen LogP contribution is -2.37. The molecular formula is C14H17NO3. The zero-order valence-electron chi connectivity index (χ0n) is 10.5. The molecule has 0 unspecified atom stereocenters. The highest BCUT2D eigenvalue weighted by atomic mass is 16.5. The number of benzene rings is 1. The predicted molar refractivity (Wildman–Crippen MR) is 67.1 cm³/mol. The topological polar surface area (TPSA) is 46.6 Å². The Morgan fingerprint density at radius 3 is 2.72 bits per heavy atom. The monoisotopic (exact) mass is 247 g/mol. The Morgan fingerprint density at radius 2 is 2.00 bits per heavy atom. The van der Waals surface area contributed by atoms with Gasteiger partial charge in [0, 0.05) is 13.1 Å². The van der Waals surface area contributed by atoms with Crippen molar-refractivity contribution >= 4 is 11.8 Å². The van der Waals surface area contributed by atoms with E-state index in [2.05, 4.69) is 12.1 Å². The fraction of sp³-hybridized carbons (Fsp3) is 0.429. The van der Waals surface area contributed by atoms with Crippen LogP contribution in [0.25, 0.3) is 0 Å². The van der Waals surface area contributed by atoms with Crippen LogP contribution in [0.2, 0.25) is 0 Å². The number of hydrogen-bond acceptors (Lipinski definition) is 4. The summed E-state index contributed by atoms with van der Waals surface area (Å²) in [6.07, 6.45) is 0.923. The van der Waals surface area contributed by atoms with Gasteiger partial charge in [0.15, 0.2) is 0 Å². The maximum atomic E-state index is 11.6. The lowest BCUT2D eigenvalue weighted by molar-refractivity contribution is -0.154. The van der Waals surface area contributed by atoms with Gasteiger partial charge in [0.1, 0.15) is 0 Å². The van der Waals surface area contributed by atoms with E-state index < -0.39 is 11.8 Å². The van der Waals surface area contributed by atoms with Gasteiger partial charge in [0.25, 0.3) is 5.78 Å². The van der Waals surface area contributed by atoms with E-state index in [-0.39, 0.29) is 13.2 Å². The van der Waals surface area contributed by atoms with E-state index in [1.54, 1.807) is 6.92 Å². The molecule has 4 nitrogen and oxygen atoms in total. The Balaban J connectivity index is 1.94. The van der Waals surface area contributed by atoms with Crippen molar-refractivity contribution in [2.75, 3.05) is 19.7 Å². The summed E-state index contributed by atoms with van der Waals surface area (Å²) in [7, 11) is 0. The van der Waals surface area contributed by atoms with E-state index in [4.69, 9.17) is 4.74 Å². The molecule has 1 aromatic carbocycles. The Bertz CT molecular complexity index is 456. The minimum absolute atomic E-state index is 0.146. The molecule has 0 amide bonds. The first-order valence-electron chi connectivity index (χ1n) is 6.19. The zero-order valence-corrected chi connectivity index (χ0v) is 10.5. The number of esters is 1. The summed E-state index contributed by atoms with van der Waals surface area (Å²) in [5, 5.41) is 0. The second-order valence-corrected chi connectivity index (χ2v) is 4.37. The van der Waals surface area contributed by atoms with Crippen molar-refractivity contribution in [3.63, 3.8) is 0 Å². The highest BCUT2D eigenvalue weighted by molar-refractivity contribution is 6.34. The maximum absolute atomic E-state index is 11.6. The standard InChI is InChI=1S/C14H17NO3/c1-2-18-14(17)13(16)10-15-8-7-11-5-3-4-6-12(11)9-15/h3-6H,2,7-10H2,1H3. The summed E-state index contributed by atoms with van der Waals surface area (Å²) < 4.78 is 4.70. The van der Waals surface area contributed by atoms with E-state index in [1.165, 1.54) is 11.1 Å². The number of ketones is 1. The molecule has 0 bridgehead atoms. The lowest BCUT2D eigenvalue weighted by Gasteiger charge is -2.27. The molecule has 1 aliphatic rings. The molecule has 0 N–H and O–H groups in total. The van der Waals surface area contributed by atoms with Gasteiger partial charge in [-0.05, 0) is 24.5 Å². The van der Waals surface area contributed by atoms with Gasteiger partial charge in [-0.15, -0.1) is 0 Å². The number of hydrogen-bond donors (Lipinski definition) is 0. The van der Waals surface area contributed by atoms with Gasteiger partial charge >= 0.3 is 5.97 Å². The first-order valence-corrected chi connectivity index (χ1v) is 6.19. The Labute approximate surface area is 107 Å². The third-order valence-electron chi connectivity index (χ3n) is 3.08. The highest BCUT2D eigenvalue weighted by Gasteiger charge is 2.22. The molecule has 1 aromatic rings. The smallest absolute Gasteiger partial charge is 0.375 e. The van der Waals surface area contributed by atoms with Gasteiger partial charge in [0.2, 0.25) is 0 Å². The number of ether oxygens (including phenoxy) is 1. The van der Waals surface area contributed by atoms with Crippen molar-refractivity contribution in [2.24, 2.45) is 0 Å². The summed E-state index contributed by atoms with van der Waals surface area (Å²) in [6.45, 7) is 3.62. The van der Waals surface area contributed by atoms with Crippen molar-refractivity contribution in [2.45, 2.75) is 19.9 Å². The normalized spacial score (nSPS) is 14.9. The van der Waals surface area contributed by atoms with Gasteiger partial charge in [-0.25, -0.2) is 4.79 Å². The van der Waals surface area contributed by atoms with Crippen LogP contribution in [-0.2, 0) is 27.3 Å². The molecule has 0 atom stereocenters. The van der Waals surface area contributed by atoms with Crippen LogP contribution >= 0.6 is 0 Å². The molecule has 0 radical (unpaired) electrons. The van der Waals surface area contributed by atoms with Crippen LogP contribution < -0.4 is 0 Å². The molecule has 0 saturated heterocycles. The summed E-state index contributed by atoms with van der Waals surface area (Å²) in [4.78, 5) is 24.8. The first-order chi connectivity index (χ1) is 8.70. The average molecular weight is 247 g/mol. The molecule has 0 saturated carbocycles. The van der Waals surface area contributed by atoms with Gasteiger partial charge in [-0.2, -0.15) is 0 Å². The number of rotatable bonds is 4. The molecule has 0 aromatic heterocycles. The van der Waals surface area contributed by atoms with Crippen molar-refractivity contribution in [3.05, 3.63) is 35.4 Å². The molecule has 0 aliphatic carbocycles. The van der Waals surface area contributed by atoms with Gasteiger partial charge < -0.3 is 4.74 Å². The van der Waals surface area contributed by atoms with E-state index in [1.807, 2.05) is 17.0 Å². The summed E-state index contributed by atoms with van der Waals surface area (Å²) >= 11 is 0. The summed E-state index contributed by atoms with van der Waals surface area (Å²) in [5.41, 5.74) is 2.57. The number of carbonyl (C=O) groups excluding carboxylic acids is 2. The fourth-order valence-corrected chi connectivity index (χ4v) is 2.17. The molecule has 1 heterocycles. The summed E-state index contributed by atoms with van der Waals surface area (Å²) in [5.74, 6) is -1.19. The van der Waals surface area contributed by atoms with Crippen LogP contribution in [0.4, 0.5) is 0 Å². The molecule has 2 rings (SSSR count). The molecule has 18 heavy (non-hydrogen) atoms. The van der Waals surface area contributed by atoms with Crippen molar-refractivity contribution in [1.82, 2.24) is 4.90 Å². The zero-order chi connectivity index (χ0) is 13.0.